The van der Waals surface area contributed by atoms with Crippen molar-refractivity contribution in [2.75, 3.05) is 9.80 Å². The Hall–Kier alpha value is -5.90. The first-order chi connectivity index (χ1) is 33.2. The quantitative estimate of drug-likeness (QED) is 0.135. The van der Waals surface area contributed by atoms with Gasteiger partial charge in [-0.3, -0.25) is 0 Å². The van der Waals surface area contributed by atoms with Gasteiger partial charge in [-0.15, -0.1) is 53.8 Å². The molecule has 8 aromatic rings. The molecule has 3 heterocycles. The molecular formula is C66H73N4OPt-3. The van der Waals surface area contributed by atoms with Gasteiger partial charge in [-0.05, 0) is 91.4 Å². The molecule has 1 aliphatic rings. The van der Waals surface area contributed by atoms with E-state index >= 15 is 0 Å². The van der Waals surface area contributed by atoms with E-state index in [1.54, 1.807) is 0 Å². The van der Waals surface area contributed by atoms with Crippen molar-refractivity contribution in [1.82, 2.24) is 9.55 Å². The van der Waals surface area contributed by atoms with E-state index in [1.807, 2.05) is 6.20 Å². The van der Waals surface area contributed by atoms with Crippen LogP contribution in [0.4, 0.5) is 11.4 Å². The van der Waals surface area contributed by atoms with Gasteiger partial charge in [0.2, 0.25) is 0 Å². The first-order valence-electron chi connectivity index (χ1n) is 25.4. The summed E-state index contributed by atoms with van der Waals surface area (Å²) in [5, 5.41) is 2.30. The van der Waals surface area contributed by atoms with E-state index < -0.39 is 0 Å². The number of anilines is 2. The van der Waals surface area contributed by atoms with E-state index in [2.05, 4.69) is 284 Å². The zero-order chi connectivity index (χ0) is 51.1. The van der Waals surface area contributed by atoms with Crippen LogP contribution in [0.3, 0.4) is 0 Å². The number of rotatable bonds is 9. The SMILES string of the molecule is CC(C)(C)C1=CN(c2cc(C(C)(C)C)cc(C(C)(C)C)c2)[CH-]N1c1[c-]c(Oc2[c-]c3c(c(C(C)(C)C)c2)c2ccccc2n3-c2cc(C(C)(C)c3ccccc3)ccn2)cc(C(C)(C)c2ccccc2)c1.[Pt]. The number of hydrogen-bond acceptors (Lipinski definition) is 4. The van der Waals surface area contributed by atoms with Gasteiger partial charge in [0.15, 0.2) is 0 Å². The third kappa shape index (κ3) is 10.1. The number of ether oxygens (including phenoxy) is 1. The topological polar surface area (TPSA) is 33.5 Å². The van der Waals surface area contributed by atoms with E-state index in [0.29, 0.717) is 11.5 Å². The number of hydrogen-bond donors (Lipinski definition) is 0. The summed E-state index contributed by atoms with van der Waals surface area (Å²) in [5.74, 6) is 2.08. The summed E-state index contributed by atoms with van der Waals surface area (Å²) in [7, 11) is 0. The van der Waals surface area contributed by atoms with Gasteiger partial charge in [0.25, 0.3) is 0 Å². The van der Waals surface area contributed by atoms with Crippen LogP contribution in [0.25, 0.3) is 27.6 Å². The maximum Gasteiger partial charge on any atom is 0.135 e. The number of pyridine rings is 1. The molecule has 376 valence electrons. The van der Waals surface area contributed by atoms with Crippen molar-refractivity contribution in [3.63, 3.8) is 0 Å². The fourth-order valence-corrected chi connectivity index (χ4v) is 9.96. The van der Waals surface area contributed by atoms with Gasteiger partial charge >= 0.3 is 0 Å². The molecule has 6 heteroatoms. The predicted octanol–water partition coefficient (Wildman–Crippen LogP) is 17.4. The van der Waals surface area contributed by atoms with Crippen LogP contribution in [0.5, 0.6) is 11.5 Å². The summed E-state index contributed by atoms with van der Waals surface area (Å²) < 4.78 is 9.51. The molecule has 6 aromatic carbocycles. The Kier molecular flexibility index (Phi) is 13.7. The predicted molar refractivity (Wildman–Crippen MR) is 299 cm³/mol. The van der Waals surface area contributed by atoms with E-state index in [-0.39, 0.29) is 53.6 Å². The first kappa shape index (κ1) is 52.4. The molecule has 5 nitrogen and oxygen atoms in total. The monoisotopic (exact) mass is 1130 g/mol. The number of nitrogens with zero attached hydrogens (tertiary/aromatic N) is 4. The second-order valence-corrected chi connectivity index (χ2v) is 24.9. The summed E-state index contributed by atoms with van der Waals surface area (Å²) in [4.78, 5) is 9.70. The first-order valence-corrected chi connectivity index (χ1v) is 25.4. The molecule has 0 saturated carbocycles. The van der Waals surface area contributed by atoms with E-state index in [4.69, 9.17) is 9.72 Å². The van der Waals surface area contributed by atoms with Crippen molar-refractivity contribution < 1.29 is 25.8 Å². The molecule has 0 amide bonds. The Morgan fingerprint density at radius 3 is 1.62 bits per heavy atom. The van der Waals surface area contributed by atoms with E-state index in [1.165, 1.54) is 33.4 Å². The van der Waals surface area contributed by atoms with Gasteiger partial charge in [0.05, 0.1) is 0 Å². The van der Waals surface area contributed by atoms with Gasteiger partial charge in [0, 0.05) is 66.5 Å². The fourth-order valence-electron chi connectivity index (χ4n) is 9.96. The summed E-state index contributed by atoms with van der Waals surface area (Å²) in [6.45, 7) is 38.9. The van der Waals surface area contributed by atoms with Gasteiger partial charge in [-0.25, -0.2) is 4.98 Å². The van der Waals surface area contributed by atoms with Crippen LogP contribution in [-0.2, 0) is 48.1 Å². The minimum Gasteiger partial charge on any atom is -0.509 e. The largest absolute Gasteiger partial charge is 0.509 e. The van der Waals surface area contributed by atoms with Crippen molar-refractivity contribution in [1.29, 1.82) is 0 Å². The summed E-state index contributed by atoms with van der Waals surface area (Å²) in [6.07, 6.45) is 4.25. The molecule has 0 bridgehead atoms. The number of para-hydroxylation sites is 1. The third-order valence-corrected chi connectivity index (χ3v) is 14.7. The van der Waals surface area contributed by atoms with Crippen molar-refractivity contribution in [3.05, 3.63) is 209 Å². The van der Waals surface area contributed by atoms with Crippen molar-refractivity contribution >= 4 is 33.2 Å². The maximum absolute atomic E-state index is 7.24. The fraction of sp³-hybridized carbons (Fsp3) is 0.333. The minimum atomic E-state index is -0.377. The molecule has 72 heavy (non-hydrogen) atoms. The smallest absolute Gasteiger partial charge is 0.135 e. The molecule has 0 radical (unpaired) electrons. The molecule has 0 saturated heterocycles. The third-order valence-electron chi connectivity index (χ3n) is 14.7. The van der Waals surface area contributed by atoms with Crippen molar-refractivity contribution in [2.24, 2.45) is 5.41 Å². The average molecular weight is 1130 g/mol. The standard InChI is InChI=1S/C66H73N4O.Pt/c1-61(2,3)47-33-48(62(4,5)6)35-50(34-47)68-42-58(64(10,11)12)69(43-68)51-36-49(66(15,16)45-27-21-18-22-28-45)37-52(39-51)71-53-40-55(63(7,8)9)60-54-29-23-24-30-56(54)70(57(60)41-53)59-38-46(31-32-67-59)65(13,14)44-25-19-17-20-26-44;/h17-38,40,42-43H,1-16H3;/q-3;. The Morgan fingerprint density at radius 2 is 1.06 bits per heavy atom. The molecule has 2 aromatic heterocycles. The Morgan fingerprint density at radius 1 is 0.500 bits per heavy atom. The van der Waals surface area contributed by atoms with Crippen LogP contribution in [0.1, 0.15) is 150 Å². The molecule has 0 spiro atoms. The Labute approximate surface area is 445 Å². The number of benzene rings is 6. The van der Waals surface area contributed by atoms with Gasteiger partial charge in [-0.2, -0.15) is 0 Å². The average Bonchev–Trinajstić information content (AvgIpc) is 3.92. The van der Waals surface area contributed by atoms with E-state index in [9.17, 15) is 0 Å². The minimum absolute atomic E-state index is 0. The van der Waals surface area contributed by atoms with Gasteiger partial charge in [-0.1, -0.05) is 207 Å². The van der Waals surface area contributed by atoms with Crippen LogP contribution in [0.2, 0.25) is 0 Å². The Bertz CT molecular complexity index is 3260. The summed E-state index contributed by atoms with van der Waals surface area (Å²) in [6, 6.07) is 56.0. The van der Waals surface area contributed by atoms with Gasteiger partial charge < -0.3 is 19.1 Å². The molecule has 0 aliphatic carbocycles. The molecule has 0 atom stereocenters. The number of aromatic nitrogens is 2. The zero-order valence-corrected chi connectivity index (χ0v) is 47.7. The van der Waals surface area contributed by atoms with Crippen molar-refractivity contribution in [3.8, 4) is 17.3 Å². The second kappa shape index (κ2) is 18.9. The molecule has 0 fully saturated rings. The molecule has 9 rings (SSSR count). The van der Waals surface area contributed by atoms with Crippen molar-refractivity contribution in [2.45, 2.75) is 138 Å². The van der Waals surface area contributed by atoms with Gasteiger partial charge in [0.1, 0.15) is 5.82 Å². The van der Waals surface area contributed by atoms with Crippen LogP contribution in [-0.4, -0.2) is 9.55 Å². The van der Waals surface area contributed by atoms with Crippen LogP contribution >= 0.6 is 0 Å². The van der Waals surface area contributed by atoms with Crippen LogP contribution < -0.4 is 14.5 Å². The normalized spacial score (nSPS) is 14.0. The molecular weight excluding hydrogens is 1060 g/mol. The van der Waals surface area contributed by atoms with Crippen LogP contribution in [0.15, 0.2) is 152 Å². The second-order valence-electron chi connectivity index (χ2n) is 24.9. The Balaban J connectivity index is 0.00000693. The number of fused-ring (bicyclic) bond motifs is 3. The molecule has 0 unspecified atom stereocenters. The maximum atomic E-state index is 7.24. The summed E-state index contributed by atoms with van der Waals surface area (Å²) >= 11 is 0. The van der Waals surface area contributed by atoms with E-state index in [0.717, 1.165) is 50.3 Å². The van der Waals surface area contributed by atoms with Crippen LogP contribution in [0, 0.1) is 24.2 Å². The zero-order valence-electron chi connectivity index (χ0n) is 45.4. The molecule has 0 N–H and O–H groups in total. The number of allylic oxidation sites excluding steroid dienone is 1. The summed E-state index contributed by atoms with van der Waals surface area (Å²) in [5.41, 5.74) is 12.6. The molecule has 1 aliphatic heterocycles.